The molecule has 0 aliphatic carbocycles. The highest BCUT2D eigenvalue weighted by atomic mass is 32.2. The van der Waals surface area contributed by atoms with Crippen molar-refractivity contribution in [2.45, 2.75) is 24.8 Å². The molecule has 8 nitrogen and oxygen atoms in total. The Morgan fingerprint density at radius 2 is 1.86 bits per heavy atom. The van der Waals surface area contributed by atoms with Crippen LogP contribution < -0.4 is 10.0 Å². The Balaban J connectivity index is 2.00. The van der Waals surface area contributed by atoms with Gasteiger partial charge in [0.15, 0.2) is 6.61 Å². The number of rotatable bonds is 7. The van der Waals surface area contributed by atoms with Crippen molar-refractivity contribution in [2.24, 2.45) is 0 Å². The van der Waals surface area contributed by atoms with Crippen molar-refractivity contribution in [2.75, 3.05) is 11.9 Å². The Labute approximate surface area is 163 Å². The van der Waals surface area contributed by atoms with Crippen LogP contribution >= 0.6 is 0 Å². The van der Waals surface area contributed by atoms with Crippen molar-refractivity contribution in [3.63, 3.8) is 0 Å². The predicted molar refractivity (Wildman–Crippen MR) is 102 cm³/mol. The van der Waals surface area contributed by atoms with Crippen LogP contribution in [0.15, 0.2) is 53.4 Å². The minimum absolute atomic E-state index is 0.00547. The van der Waals surface area contributed by atoms with Gasteiger partial charge in [-0.15, -0.1) is 0 Å². The van der Waals surface area contributed by atoms with E-state index in [-0.39, 0.29) is 16.5 Å². The van der Waals surface area contributed by atoms with E-state index < -0.39 is 28.5 Å². The fourth-order valence-corrected chi connectivity index (χ4v) is 3.54. The predicted octanol–water partition coefficient (Wildman–Crippen LogP) is 2.04. The van der Waals surface area contributed by atoms with Crippen molar-refractivity contribution in [1.82, 2.24) is 4.72 Å². The van der Waals surface area contributed by atoms with Crippen LogP contribution in [0.1, 0.15) is 29.8 Å². The largest absolute Gasteiger partial charge is 0.452 e. The summed E-state index contributed by atoms with van der Waals surface area (Å²) in [7, 11) is -3.76. The molecule has 2 aromatic carbocycles. The number of benzene rings is 2. The second-order valence-corrected chi connectivity index (χ2v) is 7.83. The molecule has 0 aliphatic rings. The highest BCUT2D eigenvalue weighted by Crippen LogP contribution is 2.13. The van der Waals surface area contributed by atoms with Crippen LogP contribution in [0, 0.1) is 11.3 Å². The van der Waals surface area contributed by atoms with Gasteiger partial charge < -0.3 is 10.1 Å². The molecule has 0 heterocycles. The normalized spacial score (nSPS) is 10.9. The summed E-state index contributed by atoms with van der Waals surface area (Å²) in [5, 5.41) is 11.4. The highest BCUT2D eigenvalue weighted by molar-refractivity contribution is 7.89. The maximum Gasteiger partial charge on any atom is 0.338 e. The van der Waals surface area contributed by atoms with Gasteiger partial charge in [0.2, 0.25) is 10.0 Å². The molecule has 0 fully saturated rings. The van der Waals surface area contributed by atoms with Gasteiger partial charge in [0.05, 0.1) is 22.1 Å². The Bertz CT molecular complexity index is 1030. The summed E-state index contributed by atoms with van der Waals surface area (Å²) in [4.78, 5) is 24.0. The van der Waals surface area contributed by atoms with E-state index in [9.17, 15) is 18.0 Å². The molecule has 0 aromatic heterocycles. The Morgan fingerprint density at radius 1 is 1.14 bits per heavy atom. The molecule has 0 atom stereocenters. The molecule has 1 amide bonds. The molecular formula is C19H19N3O5S. The Morgan fingerprint density at radius 3 is 2.54 bits per heavy atom. The standard InChI is InChI=1S/C19H19N3O5S/c1-13(2)22-28(25,26)17-8-4-6-15(10-17)19(24)27-12-18(23)21-16-7-3-5-14(9-16)11-20/h3-10,13,22H,12H2,1-2H3,(H,21,23). The molecule has 2 rings (SSSR count). The lowest BCUT2D eigenvalue weighted by Gasteiger charge is -2.11. The average Bonchev–Trinajstić information content (AvgIpc) is 2.65. The second-order valence-electron chi connectivity index (χ2n) is 6.12. The van der Waals surface area contributed by atoms with Gasteiger partial charge in [-0.3, -0.25) is 4.79 Å². The number of hydrogen-bond donors (Lipinski definition) is 2. The molecule has 146 valence electrons. The van der Waals surface area contributed by atoms with Crippen LogP contribution in [0.2, 0.25) is 0 Å². The molecule has 0 saturated carbocycles. The number of amides is 1. The first-order valence-electron chi connectivity index (χ1n) is 8.31. The molecule has 2 aromatic rings. The Kier molecular flexibility index (Phi) is 6.87. The van der Waals surface area contributed by atoms with Gasteiger partial charge in [-0.1, -0.05) is 12.1 Å². The number of nitrogens with one attached hydrogen (secondary N) is 2. The van der Waals surface area contributed by atoms with E-state index >= 15 is 0 Å². The zero-order chi connectivity index (χ0) is 20.7. The number of esters is 1. The fourth-order valence-electron chi connectivity index (χ4n) is 2.25. The second kappa shape index (κ2) is 9.12. The van der Waals surface area contributed by atoms with E-state index in [2.05, 4.69) is 10.0 Å². The van der Waals surface area contributed by atoms with E-state index in [1.807, 2.05) is 6.07 Å². The van der Waals surface area contributed by atoms with Gasteiger partial charge in [0.25, 0.3) is 5.91 Å². The minimum Gasteiger partial charge on any atom is -0.452 e. The van der Waals surface area contributed by atoms with Crippen LogP contribution in [0.25, 0.3) is 0 Å². The van der Waals surface area contributed by atoms with Crippen molar-refractivity contribution in [1.29, 1.82) is 5.26 Å². The van der Waals surface area contributed by atoms with Crippen LogP contribution in [-0.2, 0) is 19.6 Å². The zero-order valence-electron chi connectivity index (χ0n) is 15.3. The molecule has 0 bridgehead atoms. The lowest BCUT2D eigenvalue weighted by Crippen LogP contribution is -2.30. The van der Waals surface area contributed by atoms with Crippen molar-refractivity contribution in [3.8, 4) is 6.07 Å². The fraction of sp³-hybridized carbons (Fsp3) is 0.211. The Hall–Kier alpha value is -3.22. The van der Waals surface area contributed by atoms with E-state index in [1.54, 1.807) is 32.0 Å². The topological polar surface area (TPSA) is 125 Å². The number of ether oxygens (including phenoxy) is 1. The van der Waals surface area contributed by atoms with Gasteiger partial charge in [-0.05, 0) is 50.2 Å². The van der Waals surface area contributed by atoms with Gasteiger partial charge in [-0.2, -0.15) is 5.26 Å². The SMILES string of the molecule is CC(C)NS(=O)(=O)c1cccc(C(=O)OCC(=O)Nc2cccc(C#N)c2)c1. The zero-order valence-corrected chi connectivity index (χ0v) is 16.1. The first kappa shape index (κ1) is 21.1. The average molecular weight is 401 g/mol. The summed E-state index contributed by atoms with van der Waals surface area (Å²) in [5.41, 5.74) is 0.779. The summed E-state index contributed by atoms with van der Waals surface area (Å²) in [6.45, 7) is 2.80. The van der Waals surface area contributed by atoms with Crippen molar-refractivity contribution >= 4 is 27.6 Å². The summed E-state index contributed by atoms with van der Waals surface area (Å²) < 4.78 is 31.7. The van der Waals surface area contributed by atoms with E-state index in [1.165, 1.54) is 30.3 Å². The number of sulfonamides is 1. The first-order valence-corrected chi connectivity index (χ1v) is 9.79. The van der Waals surface area contributed by atoms with E-state index in [0.29, 0.717) is 11.3 Å². The number of nitriles is 1. The van der Waals surface area contributed by atoms with Gasteiger partial charge >= 0.3 is 5.97 Å². The third kappa shape index (κ3) is 5.90. The highest BCUT2D eigenvalue weighted by Gasteiger charge is 2.18. The number of nitrogens with zero attached hydrogens (tertiary/aromatic N) is 1. The lowest BCUT2D eigenvalue weighted by molar-refractivity contribution is -0.119. The monoisotopic (exact) mass is 401 g/mol. The summed E-state index contributed by atoms with van der Waals surface area (Å²) in [6, 6.07) is 13.3. The number of carbonyl (C=O) groups excluding carboxylic acids is 2. The molecular weight excluding hydrogens is 382 g/mol. The molecule has 0 spiro atoms. The van der Waals surface area contributed by atoms with E-state index in [4.69, 9.17) is 10.00 Å². The van der Waals surface area contributed by atoms with Crippen LogP contribution in [0.3, 0.4) is 0 Å². The van der Waals surface area contributed by atoms with Gasteiger partial charge in [0, 0.05) is 11.7 Å². The molecule has 0 saturated heterocycles. The maximum atomic E-state index is 12.2. The molecule has 9 heteroatoms. The lowest BCUT2D eigenvalue weighted by atomic mass is 10.2. The maximum absolute atomic E-state index is 12.2. The summed E-state index contributed by atoms with van der Waals surface area (Å²) >= 11 is 0. The molecule has 0 aliphatic heterocycles. The third-order valence-corrected chi connectivity index (χ3v) is 5.04. The molecule has 0 radical (unpaired) electrons. The van der Waals surface area contributed by atoms with Crippen molar-refractivity contribution in [3.05, 3.63) is 59.7 Å². The van der Waals surface area contributed by atoms with E-state index in [0.717, 1.165) is 0 Å². The number of hydrogen-bond acceptors (Lipinski definition) is 6. The first-order chi connectivity index (χ1) is 13.2. The molecule has 0 unspecified atom stereocenters. The molecule has 2 N–H and O–H groups in total. The third-order valence-electron chi connectivity index (χ3n) is 3.38. The van der Waals surface area contributed by atoms with Crippen LogP contribution in [-0.4, -0.2) is 32.9 Å². The van der Waals surface area contributed by atoms with Crippen molar-refractivity contribution < 1.29 is 22.7 Å². The van der Waals surface area contributed by atoms with Gasteiger partial charge in [-0.25, -0.2) is 17.9 Å². The van der Waals surface area contributed by atoms with Crippen LogP contribution in [0.4, 0.5) is 5.69 Å². The number of carbonyl (C=O) groups is 2. The quantitative estimate of drug-likeness (QED) is 0.684. The minimum atomic E-state index is -3.76. The number of anilines is 1. The molecule has 28 heavy (non-hydrogen) atoms. The smallest absolute Gasteiger partial charge is 0.338 e. The van der Waals surface area contributed by atoms with Gasteiger partial charge in [0.1, 0.15) is 0 Å². The van der Waals surface area contributed by atoms with Crippen LogP contribution in [0.5, 0.6) is 0 Å². The summed E-state index contributed by atoms with van der Waals surface area (Å²) in [5.74, 6) is -1.42. The summed E-state index contributed by atoms with van der Waals surface area (Å²) in [6.07, 6.45) is 0.